The summed E-state index contributed by atoms with van der Waals surface area (Å²) in [6, 6.07) is 5.53. The van der Waals surface area contributed by atoms with Gasteiger partial charge < -0.3 is 10.1 Å². The predicted octanol–water partition coefficient (Wildman–Crippen LogP) is 3.90. The van der Waals surface area contributed by atoms with Crippen LogP contribution in [-0.4, -0.2) is 19.2 Å². The number of ether oxygens (including phenoxy) is 1. The lowest BCUT2D eigenvalue weighted by molar-refractivity contribution is -0.0137. The summed E-state index contributed by atoms with van der Waals surface area (Å²) < 4.78 is 6.10. The molecule has 1 aromatic carbocycles. The van der Waals surface area contributed by atoms with Gasteiger partial charge in [-0.3, -0.25) is 0 Å². The predicted molar refractivity (Wildman–Crippen MR) is 72.2 cm³/mol. The van der Waals surface area contributed by atoms with E-state index in [9.17, 15) is 0 Å². The van der Waals surface area contributed by atoms with Gasteiger partial charge in [0.05, 0.1) is 5.02 Å². The first-order chi connectivity index (χ1) is 8.17. The van der Waals surface area contributed by atoms with Gasteiger partial charge in [0, 0.05) is 0 Å². The minimum Gasteiger partial charge on any atom is -0.486 e. The molecule has 0 amide bonds. The second-order valence-electron chi connectivity index (χ2n) is 4.54. The van der Waals surface area contributed by atoms with Crippen LogP contribution in [0.15, 0.2) is 18.2 Å². The third kappa shape index (κ3) is 2.87. The Hall–Kier alpha value is -0.440. The number of halogens is 2. The van der Waals surface area contributed by atoms with Crippen LogP contribution in [0.1, 0.15) is 25.7 Å². The highest BCUT2D eigenvalue weighted by Crippen LogP contribution is 2.42. The summed E-state index contributed by atoms with van der Waals surface area (Å²) in [5.41, 5.74) is -0.0443. The smallest absolute Gasteiger partial charge is 0.140 e. The molecule has 0 saturated heterocycles. The molecular formula is C13H17Cl2NO. The molecule has 2 nitrogen and oxygen atoms in total. The lowest BCUT2D eigenvalue weighted by Crippen LogP contribution is -2.45. The van der Waals surface area contributed by atoms with Crippen molar-refractivity contribution >= 4 is 23.2 Å². The number of benzene rings is 1. The molecule has 1 aliphatic carbocycles. The molecule has 0 aliphatic heterocycles. The van der Waals surface area contributed by atoms with E-state index < -0.39 is 0 Å². The highest BCUT2D eigenvalue weighted by molar-refractivity contribution is 6.42. The minimum atomic E-state index is -0.0443. The average Bonchev–Trinajstić information content (AvgIpc) is 2.28. The molecule has 4 heteroatoms. The van der Waals surface area contributed by atoms with Crippen molar-refractivity contribution < 1.29 is 4.74 Å². The maximum absolute atomic E-state index is 6.14. The average molecular weight is 274 g/mol. The number of nitrogens with one attached hydrogen (secondary N) is 1. The summed E-state index contributed by atoms with van der Waals surface area (Å²) in [7, 11) is 1.96. The molecular weight excluding hydrogens is 257 g/mol. The molecule has 0 bridgehead atoms. The van der Waals surface area contributed by atoms with Crippen LogP contribution in [0.2, 0.25) is 10.0 Å². The van der Waals surface area contributed by atoms with Crippen LogP contribution in [0.3, 0.4) is 0 Å². The Morgan fingerprint density at radius 3 is 2.71 bits per heavy atom. The Balaban J connectivity index is 2.10. The van der Waals surface area contributed by atoms with E-state index in [4.69, 9.17) is 27.9 Å². The van der Waals surface area contributed by atoms with Crippen LogP contribution in [0.25, 0.3) is 0 Å². The third-order valence-electron chi connectivity index (χ3n) is 3.34. The van der Waals surface area contributed by atoms with Gasteiger partial charge in [0.25, 0.3) is 0 Å². The number of hydrogen-bond donors (Lipinski definition) is 1. The van der Waals surface area contributed by atoms with Gasteiger partial charge in [-0.25, -0.2) is 0 Å². The Morgan fingerprint density at radius 1 is 1.35 bits per heavy atom. The molecule has 0 atom stereocenters. The Labute approximate surface area is 112 Å². The second kappa shape index (κ2) is 5.47. The molecule has 0 unspecified atom stereocenters. The second-order valence-corrected chi connectivity index (χ2v) is 5.33. The molecule has 1 fully saturated rings. The van der Waals surface area contributed by atoms with Crippen LogP contribution in [0, 0.1) is 0 Å². The fourth-order valence-corrected chi connectivity index (χ4v) is 2.45. The Bertz CT molecular complexity index is 391. The van der Waals surface area contributed by atoms with Crippen LogP contribution in [0.5, 0.6) is 5.75 Å². The standard InChI is InChI=1S/C13H17Cl2NO/c1-16-9-8-13(6-3-7-13)17-11-5-2-4-10(14)12(11)15/h2,4-5,16H,3,6-9H2,1H3. The van der Waals surface area contributed by atoms with Crippen molar-refractivity contribution in [3.05, 3.63) is 28.2 Å². The van der Waals surface area contributed by atoms with Crippen LogP contribution in [-0.2, 0) is 0 Å². The van der Waals surface area contributed by atoms with Crippen LogP contribution >= 0.6 is 23.2 Å². The van der Waals surface area contributed by atoms with Crippen molar-refractivity contribution in [2.75, 3.05) is 13.6 Å². The monoisotopic (exact) mass is 273 g/mol. The molecule has 2 rings (SSSR count). The quantitative estimate of drug-likeness (QED) is 0.879. The van der Waals surface area contributed by atoms with Gasteiger partial charge in [0.15, 0.2) is 0 Å². The lowest BCUT2D eigenvalue weighted by atomic mass is 9.77. The van der Waals surface area contributed by atoms with Crippen LogP contribution < -0.4 is 10.1 Å². The van der Waals surface area contributed by atoms with E-state index in [1.165, 1.54) is 6.42 Å². The van der Waals surface area contributed by atoms with Gasteiger partial charge in [0.2, 0.25) is 0 Å². The van der Waals surface area contributed by atoms with Crippen LogP contribution in [0.4, 0.5) is 0 Å². The molecule has 1 aliphatic rings. The summed E-state index contributed by atoms with van der Waals surface area (Å²) in [6.07, 6.45) is 4.42. The van der Waals surface area contributed by atoms with Gasteiger partial charge in [-0.05, 0) is 51.4 Å². The highest BCUT2D eigenvalue weighted by atomic mass is 35.5. The van der Waals surface area contributed by atoms with Crippen molar-refractivity contribution in [2.45, 2.75) is 31.3 Å². The zero-order chi connectivity index (χ0) is 12.3. The largest absolute Gasteiger partial charge is 0.486 e. The summed E-state index contributed by atoms with van der Waals surface area (Å²) in [4.78, 5) is 0. The first-order valence-corrected chi connectivity index (χ1v) is 6.70. The van der Waals surface area contributed by atoms with Gasteiger partial charge in [-0.1, -0.05) is 29.3 Å². The van der Waals surface area contributed by atoms with Gasteiger partial charge in [0.1, 0.15) is 16.4 Å². The molecule has 0 aromatic heterocycles. The minimum absolute atomic E-state index is 0.0443. The highest BCUT2D eigenvalue weighted by Gasteiger charge is 2.39. The molecule has 0 heterocycles. The first kappa shape index (κ1) is 13.0. The van der Waals surface area contributed by atoms with E-state index in [0.29, 0.717) is 15.8 Å². The van der Waals surface area contributed by atoms with Gasteiger partial charge >= 0.3 is 0 Å². The fraction of sp³-hybridized carbons (Fsp3) is 0.538. The summed E-state index contributed by atoms with van der Waals surface area (Å²) in [6.45, 7) is 0.957. The maximum Gasteiger partial charge on any atom is 0.140 e. The van der Waals surface area contributed by atoms with Crippen molar-refractivity contribution in [2.24, 2.45) is 0 Å². The number of hydrogen-bond acceptors (Lipinski definition) is 2. The molecule has 0 spiro atoms. The van der Waals surface area contributed by atoms with E-state index in [0.717, 1.165) is 25.8 Å². The summed E-state index contributed by atoms with van der Waals surface area (Å²) in [5.74, 6) is 0.704. The number of rotatable bonds is 5. The summed E-state index contributed by atoms with van der Waals surface area (Å²) in [5, 5.41) is 4.23. The normalized spacial score (nSPS) is 17.6. The van der Waals surface area contributed by atoms with E-state index in [1.807, 2.05) is 19.2 Å². The van der Waals surface area contributed by atoms with Gasteiger partial charge in [-0.2, -0.15) is 0 Å². The van der Waals surface area contributed by atoms with E-state index in [1.54, 1.807) is 6.07 Å². The molecule has 0 radical (unpaired) electrons. The SMILES string of the molecule is CNCCC1(Oc2cccc(Cl)c2Cl)CCC1. The van der Waals surface area contributed by atoms with E-state index in [-0.39, 0.29) is 5.60 Å². The lowest BCUT2D eigenvalue weighted by Gasteiger charge is -2.42. The topological polar surface area (TPSA) is 21.3 Å². The molecule has 1 aromatic rings. The molecule has 17 heavy (non-hydrogen) atoms. The maximum atomic E-state index is 6.14. The van der Waals surface area contributed by atoms with Gasteiger partial charge in [-0.15, -0.1) is 0 Å². The zero-order valence-electron chi connectivity index (χ0n) is 9.93. The van der Waals surface area contributed by atoms with E-state index in [2.05, 4.69) is 5.32 Å². The molecule has 94 valence electrons. The summed E-state index contributed by atoms with van der Waals surface area (Å²) >= 11 is 12.1. The van der Waals surface area contributed by atoms with Crippen molar-refractivity contribution in [1.82, 2.24) is 5.32 Å². The molecule has 1 saturated carbocycles. The first-order valence-electron chi connectivity index (χ1n) is 5.94. The van der Waals surface area contributed by atoms with Crippen molar-refractivity contribution in [3.8, 4) is 5.75 Å². The zero-order valence-corrected chi connectivity index (χ0v) is 11.4. The van der Waals surface area contributed by atoms with E-state index >= 15 is 0 Å². The Kier molecular flexibility index (Phi) is 4.18. The van der Waals surface area contributed by atoms with Crippen molar-refractivity contribution in [1.29, 1.82) is 0 Å². The fourth-order valence-electron chi connectivity index (χ4n) is 2.12. The third-order valence-corrected chi connectivity index (χ3v) is 4.14. The molecule has 1 N–H and O–H groups in total. The Morgan fingerprint density at radius 2 is 2.12 bits per heavy atom. The van der Waals surface area contributed by atoms with Crippen molar-refractivity contribution in [3.63, 3.8) is 0 Å².